The molecule has 0 saturated carbocycles. The highest BCUT2D eigenvalue weighted by atomic mass is 19.1. The van der Waals surface area contributed by atoms with E-state index in [2.05, 4.69) is 25.5 Å². The summed E-state index contributed by atoms with van der Waals surface area (Å²) in [6, 6.07) is 6.76. The molecular weight excluding hydrogens is 466 g/mol. The molecule has 4 heterocycles. The van der Waals surface area contributed by atoms with E-state index < -0.39 is 23.2 Å². The van der Waals surface area contributed by atoms with Gasteiger partial charge in [0.25, 0.3) is 5.56 Å². The van der Waals surface area contributed by atoms with Gasteiger partial charge in [0.1, 0.15) is 11.6 Å². The van der Waals surface area contributed by atoms with E-state index in [-0.39, 0.29) is 28.6 Å². The molecule has 0 aliphatic carbocycles. The van der Waals surface area contributed by atoms with Crippen LogP contribution in [0.5, 0.6) is 0 Å². The normalized spacial score (nSPS) is 18.1. The summed E-state index contributed by atoms with van der Waals surface area (Å²) in [6.45, 7) is 3.37. The van der Waals surface area contributed by atoms with E-state index in [1.165, 1.54) is 23.9 Å². The molecule has 0 unspecified atom stereocenters. The van der Waals surface area contributed by atoms with E-state index in [1.807, 2.05) is 13.0 Å². The predicted octanol–water partition coefficient (Wildman–Crippen LogP) is 4.63. The smallest absolute Gasteiger partial charge is 0.254 e. The molecule has 3 aromatic heterocycles. The van der Waals surface area contributed by atoms with Crippen LogP contribution < -0.4 is 10.9 Å². The second-order valence-corrected chi connectivity index (χ2v) is 9.04. The van der Waals surface area contributed by atoms with Crippen molar-refractivity contribution >= 4 is 11.6 Å². The summed E-state index contributed by atoms with van der Waals surface area (Å²) in [6.07, 6.45) is 6.23. The zero-order chi connectivity index (χ0) is 25.4. The molecule has 184 valence electrons. The maximum atomic E-state index is 14.7. The molecule has 5 rings (SSSR count). The first kappa shape index (κ1) is 23.5. The number of aromatic nitrogens is 5. The van der Waals surface area contributed by atoms with Gasteiger partial charge in [-0.15, -0.1) is 0 Å². The Morgan fingerprint density at radius 2 is 1.92 bits per heavy atom. The molecule has 8 nitrogen and oxygen atoms in total. The maximum absolute atomic E-state index is 14.7. The number of aryl methyl sites for hydroxylation is 1. The van der Waals surface area contributed by atoms with Gasteiger partial charge in [-0.3, -0.25) is 24.2 Å². The minimum atomic E-state index is -0.786. The molecule has 0 saturated heterocycles. The topological polar surface area (TPSA) is 106 Å². The van der Waals surface area contributed by atoms with Crippen molar-refractivity contribution in [3.63, 3.8) is 0 Å². The molecule has 0 spiro atoms. The summed E-state index contributed by atoms with van der Waals surface area (Å²) in [7, 11) is 0. The van der Waals surface area contributed by atoms with Crippen LogP contribution in [0.15, 0.2) is 53.8 Å². The third kappa shape index (κ3) is 4.30. The second-order valence-electron chi connectivity index (χ2n) is 9.04. The van der Waals surface area contributed by atoms with Crippen molar-refractivity contribution in [2.45, 2.75) is 39.2 Å². The van der Waals surface area contributed by atoms with Crippen LogP contribution >= 0.6 is 0 Å². The van der Waals surface area contributed by atoms with Gasteiger partial charge in [0.2, 0.25) is 5.91 Å². The van der Waals surface area contributed by atoms with Gasteiger partial charge in [-0.2, -0.15) is 5.10 Å². The van der Waals surface area contributed by atoms with Crippen molar-refractivity contribution in [3.8, 4) is 22.5 Å². The van der Waals surface area contributed by atoms with Crippen LogP contribution in [0, 0.1) is 24.5 Å². The Labute approximate surface area is 205 Å². The van der Waals surface area contributed by atoms with Crippen LogP contribution in [0.2, 0.25) is 0 Å². The highest BCUT2D eigenvalue weighted by Gasteiger charge is 2.24. The van der Waals surface area contributed by atoms with Gasteiger partial charge < -0.3 is 5.32 Å². The lowest BCUT2D eigenvalue weighted by Gasteiger charge is -2.22. The minimum absolute atomic E-state index is 0.0720. The largest absolute Gasteiger partial charge is 0.323 e. The molecule has 2 atom stereocenters. The number of pyridine rings is 1. The number of hydrogen-bond donors (Lipinski definition) is 2. The standard InChI is InChI=1S/C26H24F2N6O2/c1-14-6-7-17(27)23(24(14)28)19-11-22(35)34(13-30-19)21-5-3-4-15(2)26(36)32-20-12-31-33-25(20)16-8-9-29-18(21)10-16/h6-13,15,21H,3-5H2,1-2H3,(H,31,33)(H,32,36)/t15-,21+/m1/s1. The molecule has 4 aromatic rings. The monoisotopic (exact) mass is 490 g/mol. The molecule has 1 aliphatic heterocycles. The summed E-state index contributed by atoms with van der Waals surface area (Å²) in [5, 5.41) is 9.91. The van der Waals surface area contributed by atoms with Crippen molar-refractivity contribution in [3.05, 3.63) is 82.3 Å². The van der Waals surface area contributed by atoms with Crippen molar-refractivity contribution in [2.24, 2.45) is 5.92 Å². The summed E-state index contributed by atoms with van der Waals surface area (Å²) < 4.78 is 30.5. The third-order valence-electron chi connectivity index (χ3n) is 6.58. The predicted molar refractivity (Wildman–Crippen MR) is 130 cm³/mol. The molecule has 2 N–H and O–H groups in total. The number of fused-ring (bicyclic) bond motifs is 4. The number of aromatic amines is 1. The molecule has 1 amide bonds. The Morgan fingerprint density at radius 3 is 2.72 bits per heavy atom. The number of anilines is 1. The number of nitrogens with zero attached hydrogens (tertiary/aromatic N) is 4. The van der Waals surface area contributed by atoms with E-state index in [1.54, 1.807) is 18.5 Å². The number of halogens is 2. The second kappa shape index (κ2) is 9.44. The fourth-order valence-corrected chi connectivity index (χ4v) is 4.49. The quantitative estimate of drug-likeness (QED) is 0.426. The first-order valence-corrected chi connectivity index (χ1v) is 11.7. The van der Waals surface area contributed by atoms with Crippen LogP contribution in [-0.2, 0) is 4.79 Å². The van der Waals surface area contributed by atoms with E-state index in [0.29, 0.717) is 36.3 Å². The molecule has 1 aromatic carbocycles. The summed E-state index contributed by atoms with van der Waals surface area (Å²) >= 11 is 0. The molecular formula is C26H24F2N6O2. The molecule has 0 fully saturated rings. The number of amides is 1. The fraction of sp³-hybridized carbons (Fsp3) is 0.269. The number of carbonyl (C=O) groups is 1. The van der Waals surface area contributed by atoms with Crippen molar-refractivity contribution < 1.29 is 13.6 Å². The van der Waals surface area contributed by atoms with Gasteiger partial charge in [-0.1, -0.05) is 19.4 Å². The van der Waals surface area contributed by atoms with Crippen molar-refractivity contribution in [1.29, 1.82) is 0 Å². The first-order valence-electron chi connectivity index (χ1n) is 11.7. The van der Waals surface area contributed by atoms with Crippen LogP contribution in [-0.4, -0.2) is 30.6 Å². The van der Waals surface area contributed by atoms with Crippen LogP contribution in [0.4, 0.5) is 14.5 Å². The summed E-state index contributed by atoms with van der Waals surface area (Å²) in [5.74, 6) is -1.91. The lowest BCUT2D eigenvalue weighted by Crippen LogP contribution is -2.27. The van der Waals surface area contributed by atoms with Crippen molar-refractivity contribution in [1.82, 2.24) is 24.7 Å². The lowest BCUT2D eigenvalue weighted by atomic mass is 9.97. The Bertz CT molecular complexity index is 1510. The molecule has 2 bridgehead atoms. The number of H-pyrrole nitrogens is 1. The Morgan fingerprint density at radius 1 is 1.08 bits per heavy atom. The highest BCUT2D eigenvalue weighted by molar-refractivity contribution is 5.95. The SMILES string of the molecule is Cc1ccc(F)c(-c2cc(=O)n([C@H]3CCC[C@@H](C)C(=O)Nc4cn[nH]c4-c4ccnc3c4)cn2)c1F. The van der Waals surface area contributed by atoms with Crippen LogP contribution in [0.1, 0.15) is 43.5 Å². The highest BCUT2D eigenvalue weighted by Crippen LogP contribution is 2.31. The summed E-state index contributed by atoms with van der Waals surface area (Å²) in [5.41, 5.74) is 1.95. The third-order valence-corrected chi connectivity index (χ3v) is 6.58. The van der Waals surface area contributed by atoms with Gasteiger partial charge >= 0.3 is 0 Å². The Hall–Kier alpha value is -4.21. The minimum Gasteiger partial charge on any atom is -0.323 e. The molecule has 1 aliphatic rings. The van der Waals surface area contributed by atoms with Gasteiger partial charge in [-0.25, -0.2) is 13.8 Å². The number of hydrogen-bond acceptors (Lipinski definition) is 5. The van der Waals surface area contributed by atoms with E-state index in [0.717, 1.165) is 17.7 Å². The van der Waals surface area contributed by atoms with Gasteiger partial charge in [0, 0.05) is 23.7 Å². The lowest BCUT2D eigenvalue weighted by molar-refractivity contribution is -0.119. The number of benzene rings is 1. The Balaban J connectivity index is 1.60. The van der Waals surface area contributed by atoms with E-state index in [9.17, 15) is 18.4 Å². The zero-order valence-electron chi connectivity index (χ0n) is 19.8. The van der Waals surface area contributed by atoms with Crippen molar-refractivity contribution in [2.75, 3.05) is 5.32 Å². The maximum Gasteiger partial charge on any atom is 0.254 e. The van der Waals surface area contributed by atoms with Gasteiger partial charge in [0.05, 0.1) is 46.9 Å². The number of rotatable bonds is 2. The fourth-order valence-electron chi connectivity index (χ4n) is 4.49. The summed E-state index contributed by atoms with van der Waals surface area (Å²) in [4.78, 5) is 34.7. The van der Waals surface area contributed by atoms with Gasteiger partial charge in [0.15, 0.2) is 0 Å². The average Bonchev–Trinajstić information content (AvgIpc) is 3.32. The Kier molecular flexibility index (Phi) is 6.17. The van der Waals surface area contributed by atoms with Crippen LogP contribution in [0.25, 0.3) is 22.5 Å². The van der Waals surface area contributed by atoms with Gasteiger partial charge in [-0.05, 0) is 43.5 Å². The van der Waals surface area contributed by atoms with E-state index in [4.69, 9.17) is 0 Å². The molecule has 36 heavy (non-hydrogen) atoms. The zero-order valence-corrected chi connectivity index (χ0v) is 19.8. The molecule has 10 heteroatoms. The number of carbonyl (C=O) groups excluding carboxylic acids is 1. The van der Waals surface area contributed by atoms with E-state index >= 15 is 0 Å². The van der Waals surface area contributed by atoms with Crippen LogP contribution in [0.3, 0.4) is 0 Å². The first-order chi connectivity index (χ1) is 17.3. The number of nitrogens with one attached hydrogen (secondary N) is 2. The average molecular weight is 491 g/mol. The molecule has 0 radical (unpaired) electrons.